The molecule has 0 bridgehead atoms. The topological polar surface area (TPSA) is 117 Å². The number of ether oxygens (including phenoxy) is 1. The molecule has 1 unspecified atom stereocenters. The molecule has 0 amide bonds. The molecule has 8 nitrogen and oxygen atoms in total. The fourth-order valence-corrected chi connectivity index (χ4v) is 1.66. The first-order chi connectivity index (χ1) is 9.54. The predicted molar refractivity (Wildman–Crippen MR) is 70.2 cm³/mol. The third-order valence-electron chi connectivity index (χ3n) is 2.54. The Kier molecular flexibility index (Phi) is 3.94. The summed E-state index contributed by atoms with van der Waals surface area (Å²) in [6, 6.07) is 4.10. The molecule has 0 fully saturated rings. The van der Waals surface area contributed by atoms with Crippen LogP contribution in [0.2, 0.25) is 0 Å². The normalized spacial score (nSPS) is 12.2. The Morgan fingerprint density at radius 2 is 2.25 bits per heavy atom. The van der Waals surface area contributed by atoms with E-state index < -0.39 is 11.0 Å². The van der Waals surface area contributed by atoms with Crippen molar-refractivity contribution in [3.8, 4) is 17.2 Å². The summed E-state index contributed by atoms with van der Waals surface area (Å²) in [5.74, 6) is 0.512. The van der Waals surface area contributed by atoms with Crippen molar-refractivity contribution in [3.05, 3.63) is 34.2 Å². The van der Waals surface area contributed by atoms with Crippen LogP contribution >= 0.6 is 0 Å². The van der Waals surface area contributed by atoms with Gasteiger partial charge in [-0.2, -0.15) is 0 Å². The lowest BCUT2D eigenvalue weighted by atomic mass is 10.1. The van der Waals surface area contributed by atoms with Gasteiger partial charge in [-0.3, -0.25) is 10.1 Å². The van der Waals surface area contributed by atoms with E-state index >= 15 is 0 Å². The summed E-state index contributed by atoms with van der Waals surface area (Å²) in [6.45, 7) is 3.72. The molecule has 1 aromatic heterocycles. The minimum atomic E-state index is -0.517. The molecule has 1 aromatic carbocycles. The van der Waals surface area contributed by atoms with Crippen LogP contribution in [0.1, 0.15) is 25.8 Å². The van der Waals surface area contributed by atoms with Crippen LogP contribution in [-0.4, -0.2) is 21.7 Å². The van der Waals surface area contributed by atoms with Crippen LogP contribution in [0.15, 0.2) is 22.6 Å². The molecule has 0 aliphatic rings. The zero-order valence-electron chi connectivity index (χ0n) is 11.1. The first kappa shape index (κ1) is 13.9. The highest BCUT2D eigenvalue weighted by Crippen LogP contribution is 2.37. The van der Waals surface area contributed by atoms with Gasteiger partial charge in [0.05, 0.1) is 23.1 Å². The summed E-state index contributed by atoms with van der Waals surface area (Å²) in [7, 11) is 0. The van der Waals surface area contributed by atoms with Gasteiger partial charge < -0.3 is 14.9 Å². The van der Waals surface area contributed by atoms with Crippen LogP contribution in [0.3, 0.4) is 0 Å². The Balaban J connectivity index is 2.54. The summed E-state index contributed by atoms with van der Waals surface area (Å²) < 4.78 is 10.8. The van der Waals surface area contributed by atoms with Gasteiger partial charge >= 0.3 is 5.69 Å². The summed E-state index contributed by atoms with van der Waals surface area (Å²) in [5, 5.41) is 18.7. The number of hydrogen-bond donors (Lipinski definition) is 1. The summed E-state index contributed by atoms with van der Waals surface area (Å²) in [4.78, 5) is 10.5. The smallest absolute Gasteiger partial charge is 0.311 e. The second-order valence-electron chi connectivity index (χ2n) is 4.08. The van der Waals surface area contributed by atoms with E-state index in [1.54, 1.807) is 19.9 Å². The van der Waals surface area contributed by atoms with E-state index in [1.807, 2.05) is 0 Å². The van der Waals surface area contributed by atoms with Gasteiger partial charge in [0.1, 0.15) is 0 Å². The lowest BCUT2D eigenvalue weighted by molar-refractivity contribution is -0.385. The molecule has 2 aromatic rings. The van der Waals surface area contributed by atoms with Crippen molar-refractivity contribution in [1.82, 2.24) is 10.2 Å². The molecule has 106 valence electrons. The molecule has 0 radical (unpaired) electrons. The minimum Gasteiger partial charge on any atom is -0.487 e. The number of aromatic nitrogens is 2. The molecule has 0 spiro atoms. The molecular formula is C12H14N4O4. The monoisotopic (exact) mass is 278 g/mol. The Morgan fingerprint density at radius 1 is 1.50 bits per heavy atom. The average molecular weight is 278 g/mol. The van der Waals surface area contributed by atoms with Crippen molar-refractivity contribution in [2.45, 2.75) is 19.9 Å². The number of rotatable bonds is 5. The van der Waals surface area contributed by atoms with Crippen molar-refractivity contribution >= 4 is 5.69 Å². The molecule has 0 saturated heterocycles. The van der Waals surface area contributed by atoms with Crippen molar-refractivity contribution in [2.75, 3.05) is 6.61 Å². The Hall–Kier alpha value is -2.48. The Labute approximate surface area is 114 Å². The third kappa shape index (κ3) is 2.59. The maximum atomic E-state index is 11.0. The third-order valence-corrected chi connectivity index (χ3v) is 2.54. The number of nitrogens with two attached hydrogens (primary N) is 1. The first-order valence-corrected chi connectivity index (χ1v) is 6.04. The van der Waals surface area contributed by atoms with Gasteiger partial charge in [0.25, 0.3) is 5.89 Å². The second-order valence-corrected chi connectivity index (χ2v) is 4.08. The van der Waals surface area contributed by atoms with E-state index in [4.69, 9.17) is 14.9 Å². The van der Waals surface area contributed by atoms with E-state index in [0.29, 0.717) is 5.56 Å². The molecule has 0 aliphatic heterocycles. The average Bonchev–Trinajstić information content (AvgIpc) is 2.88. The second kappa shape index (κ2) is 5.66. The highest BCUT2D eigenvalue weighted by atomic mass is 16.6. The van der Waals surface area contributed by atoms with Crippen LogP contribution in [0.4, 0.5) is 5.69 Å². The molecule has 20 heavy (non-hydrogen) atoms. The lowest BCUT2D eigenvalue weighted by Gasteiger charge is -2.07. The largest absolute Gasteiger partial charge is 0.487 e. The molecule has 0 aliphatic carbocycles. The standard InChI is InChI=1S/C12H14N4O4/c1-3-19-10-8(5-4-6-9(10)16(17)18)12-15-14-11(20-12)7(2)13/h4-7H,3,13H2,1-2H3. The number of nitrogens with zero attached hydrogens (tertiary/aromatic N) is 3. The zero-order valence-corrected chi connectivity index (χ0v) is 11.1. The number of para-hydroxylation sites is 1. The van der Waals surface area contributed by atoms with Crippen molar-refractivity contribution in [1.29, 1.82) is 0 Å². The Bertz CT molecular complexity index is 624. The fraction of sp³-hybridized carbons (Fsp3) is 0.333. The number of nitro groups is 1. The van der Waals surface area contributed by atoms with E-state index in [-0.39, 0.29) is 29.8 Å². The SMILES string of the molecule is CCOc1c(-c2nnc(C(C)N)o2)cccc1[N+](=O)[O-]. The number of hydrogen-bond acceptors (Lipinski definition) is 7. The summed E-state index contributed by atoms with van der Waals surface area (Å²) in [6.07, 6.45) is 0. The van der Waals surface area contributed by atoms with Crippen LogP contribution in [-0.2, 0) is 0 Å². The highest BCUT2D eigenvalue weighted by Gasteiger charge is 2.23. The zero-order chi connectivity index (χ0) is 14.7. The van der Waals surface area contributed by atoms with Gasteiger partial charge in [0.2, 0.25) is 11.6 Å². The number of benzene rings is 1. The predicted octanol–water partition coefficient (Wildman–Crippen LogP) is 2.06. The summed E-state index contributed by atoms with van der Waals surface area (Å²) in [5.41, 5.74) is 5.87. The molecule has 0 saturated carbocycles. The van der Waals surface area contributed by atoms with Gasteiger partial charge in [-0.1, -0.05) is 6.07 Å². The molecule has 2 rings (SSSR count). The van der Waals surface area contributed by atoms with Crippen molar-refractivity contribution in [3.63, 3.8) is 0 Å². The maximum Gasteiger partial charge on any atom is 0.311 e. The molecule has 8 heteroatoms. The van der Waals surface area contributed by atoms with E-state index in [9.17, 15) is 10.1 Å². The lowest BCUT2D eigenvalue weighted by Crippen LogP contribution is -2.04. The van der Waals surface area contributed by atoms with Crippen LogP contribution < -0.4 is 10.5 Å². The highest BCUT2D eigenvalue weighted by molar-refractivity contribution is 5.69. The Morgan fingerprint density at radius 3 is 2.80 bits per heavy atom. The molecular weight excluding hydrogens is 264 g/mol. The van der Waals surface area contributed by atoms with E-state index in [2.05, 4.69) is 10.2 Å². The molecule has 1 heterocycles. The maximum absolute atomic E-state index is 11.0. The first-order valence-electron chi connectivity index (χ1n) is 6.04. The van der Waals surface area contributed by atoms with Gasteiger partial charge in [-0.05, 0) is 19.9 Å². The quantitative estimate of drug-likeness (QED) is 0.656. The van der Waals surface area contributed by atoms with Crippen LogP contribution in [0.25, 0.3) is 11.5 Å². The minimum absolute atomic E-state index is 0.111. The molecule has 1 atom stereocenters. The van der Waals surface area contributed by atoms with Gasteiger partial charge in [0, 0.05) is 6.07 Å². The summed E-state index contributed by atoms with van der Waals surface area (Å²) >= 11 is 0. The van der Waals surface area contributed by atoms with Gasteiger partial charge in [0.15, 0.2) is 0 Å². The van der Waals surface area contributed by atoms with Gasteiger partial charge in [-0.25, -0.2) is 0 Å². The van der Waals surface area contributed by atoms with E-state index in [0.717, 1.165) is 0 Å². The van der Waals surface area contributed by atoms with Crippen molar-refractivity contribution < 1.29 is 14.1 Å². The number of nitro benzene ring substituents is 1. The van der Waals surface area contributed by atoms with Crippen molar-refractivity contribution in [2.24, 2.45) is 5.73 Å². The fourth-order valence-electron chi connectivity index (χ4n) is 1.66. The molecule has 2 N–H and O–H groups in total. The van der Waals surface area contributed by atoms with Crippen LogP contribution in [0, 0.1) is 10.1 Å². The van der Waals surface area contributed by atoms with Crippen LogP contribution in [0.5, 0.6) is 5.75 Å². The van der Waals surface area contributed by atoms with Gasteiger partial charge in [-0.15, -0.1) is 10.2 Å². The van der Waals surface area contributed by atoms with E-state index in [1.165, 1.54) is 12.1 Å².